The van der Waals surface area contributed by atoms with E-state index in [-0.39, 0.29) is 11.3 Å². The number of halogens is 1. The van der Waals surface area contributed by atoms with Gasteiger partial charge < -0.3 is 15.0 Å². The number of ether oxygens (including phenoxy) is 1. The van der Waals surface area contributed by atoms with Crippen molar-refractivity contribution in [3.8, 4) is 5.75 Å². The molecule has 3 aromatic carbocycles. The Hall–Kier alpha value is -3.77. The van der Waals surface area contributed by atoms with Gasteiger partial charge >= 0.3 is 0 Å². The second-order valence-electron chi connectivity index (χ2n) is 7.93. The molecule has 2 amide bonds. The van der Waals surface area contributed by atoms with E-state index in [2.05, 4.69) is 5.32 Å². The predicted molar refractivity (Wildman–Crippen MR) is 133 cm³/mol. The highest BCUT2D eigenvalue weighted by Crippen LogP contribution is 2.35. The molecule has 0 bridgehead atoms. The fourth-order valence-electron chi connectivity index (χ4n) is 3.63. The first-order valence-electron chi connectivity index (χ1n) is 10.4. The molecule has 7 heteroatoms. The van der Waals surface area contributed by atoms with E-state index in [0.29, 0.717) is 27.7 Å². The number of carbonyl (C=O) groups is 2. The first-order valence-corrected chi connectivity index (χ1v) is 10.8. The summed E-state index contributed by atoms with van der Waals surface area (Å²) in [6, 6.07) is 19.8. The van der Waals surface area contributed by atoms with Gasteiger partial charge in [0.15, 0.2) is 0 Å². The monoisotopic (exact) mass is 461 g/mol. The second kappa shape index (κ2) is 9.00. The van der Waals surface area contributed by atoms with Gasteiger partial charge in [-0.1, -0.05) is 35.9 Å². The Labute approximate surface area is 198 Å². The van der Waals surface area contributed by atoms with Gasteiger partial charge in [0.1, 0.15) is 11.4 Å². The van der Waals surface area contributed by atoms with Crippen molar-refractivity contribution < 1.29 is 14.3 Å². The van der Waals surface area contributed by atoms with Crippen molar-refractivity contribution in [3.05, 3.63) is 88.6 Å². The Morgan fingerprint density at radius 3 is 2.30 bits per heavy atom. The molecule has 0 atom stereocenters. The van der Waals surface area contributed by atoms with Crippen LogP contribution in [0.5, 0.6) is 5.75 Å². The summed E-state index contributed by atoms with van der Waals surface area (Å²) in [6.45, 7) is 1.90. The Morgan fingerprint density at radius 1 is 0.939 bits per heavy atom. The standard InChI is InChI=1S/C26H24ClN3O3/c1-16-8-11-18(14-22(16)27)28-24-23(17-9-12-21(33-4)13-10-17)25(31)30(26(24)32)20-7-5-6-19(15-20)29(2)3/h5-15,28H,1-4H3. The molecule has 0 saturated carbocycles. The SMILES string of the molecule is COc1ccc(C2=C(Nc3ccc(C)c(Cl)c3)C(=O)N(c3cccc(N(C)C)c3)C2=O)cc1. The number of nitrogens with one attached hydrogen (secondary N) is 1. The zero-order valence-corrected chi connectivity index (χ0v) is 19.6. The Bertz CT molecular complexity index is 1270. The molecule has 6 nitrogen and oxygen atoms in total. The molecule has 0 spiro atoms. The molecule has 0 saturated heterocycles. The molecule has 4 rings (SSSR count). The van der Waals surface area contributed by atoms with Crippen LogP contribution in [0.15, 0.2) is 72.4 Å². The van der Waals surface area contributed by atoms with Gasteiger partial charge in [-0.15, -0.1) is 0 Å². The van der Waals surface area contributed by atoms with Crippen molar-refractivity contribution in [3.63, 3.8) is 0 Å². The zero-order valence-electron chi connectivity index (χ0n) is 18.8. The van der Waals surface area contributed by atoms with Crippen LogP contribution in [0.25, 0.3) is 5.57 Å². The molecule has 1 aliphatic heterocycles. The van der Waals surface area contributed by atoms with Gasteiger partial charge in [0.25, 0.3) is 11.8 Å². The summed E-state index contributed by atoms with van der Waals surface area (Å²) in [7, 11) is 5.38. The van der Waals surface area contributed by atoms with Crippen LogP contribution in [0, 0.1) is 6.92 Å². The van der Waals surface area contributed by atoms with Crippen LogP contribution < -0.4 is 19.9 Å². The van der Waals surface area contributed by atoms with Crippen LogP contribution in [-0.2, 0) is 9.59 Å². The summed E-state index contributed by atoms with van der Waals surface area (Å²) in [5, 5.41) is 3.71. The van der Waals surface area contributed by atoms with Crippen LogP contribution in [-0.4, -0.2) is 33.0 Å². The molecule has 0 radical (unpaired) electrons. The molecule has 0 aromatic heterocycles. The molecule has 1 N–H and O–H groups in total. The van der Waals surface area contributed by atoms with Gasteiger partial charge in [-0.2, -0.15) is 0 Å². The number of methoxy groups -OCH3 is 1. The van der Waals surface area contributed by atoms with E-state index in [1.807, 2.05) is 56.3 Å². The molecule has 3 aromatic rings. The minimum absolute atomic E-state index is 0.195. The van der Waals surface area contributed by atoms with Crippen molar-refractivity contribution >= 4 is 46.1 Å². The van der Waals surface area contributed by atoms with Crippen molar-refractivity contribution in [2.24, 2.45) is 0 Å². The number of hydrogen-bond acceptors (Lipinski definition) is 5. The smallest absolute Gasteiger partial charge is 0.282 e. The number of imide groups is 1. The maximum Gasteiger partial charge on any atom is 0.282 e. The van der Waals surface area contributed by atoms with E-state index in [1.54, 1.807) is 43.5 Å². The van der Waals surface area contributed by atoms with Gasteiger partial charge in [-0.25, -0.2) is 4.90 Å². The number of nitrogens with zero attached hydrogens (tertiary/aromatic N) is 2. The molecule has 1 heterocycles. The number of amides is 2. The molecule has 0 unspecified atom stereocenters. The lowest BCUT2D eigenvalue weighted by Gasteiger charge is -2.19. The highest BCUT2D eigenvalue weighted by molar-refractivity contribution is 6.46. The Kier molecular flexibility index (Phi) is 6.11. The summed E-state index contributed by atoms with van der Waals surface area (Å²) < 4.78 is 5.24. The largest absolute Gasteiger partial charge is 0.497 e. The fourth-order valence-corrected chi connectivity index (χ4v) is 3.81. The van der Waals surface area contributed by atoms with Crippen molar-refractivity contribution in [2.45, 2.75) is 6.92 Å². The van der Waals surface area contributed by atoms with E-state index in [9.17, 15) is 9.59 Å². The van der Waals surface area contributed by atoms with E-state index in [1.165, 1.54) is 4.90 Å². The summed E-state index contributed by atoms with van der Waals surface area (Å²) in [4.78, 5) is 30.3. The van der Waals surface area contributed by atoms with Gasteiger partial charge in [0, 0.05) is 30.5 Å². The normalized spacial score (nSPS) is 13.5. The number of aryl methyl sites for hydroxylation is 1. The average Bonchev–Trinajstić information content (AvgIpc) is 3.05. The zero-order chi connectivity index (χ0) is 23.7. The average molecular weight is 462 g/mol. The molecule has 0 aliphatic carbocycles. The first kappa shape index (κ1) is 22.4. The minimum atomic E-state index is -0.432. The number of rotatable bonds is 6. The Morgan fingerprint density at radius 2 is 1.67 bits per heavy atom. The predicted octanol–water partition coefficient (Wildman–Crippen LogP) is 5.12. The molecule has 1 aliphatic rings. The third-order valence-corrected chi connectivity index (χ3v) is 5.92. The van der Waals surface area contributed by atoms with E-state index in [0.717, 1.165) is 11.3 Å². The van der Waals surface area contributed by atoms with Gasteiger partial charge in [-0.3, -0.25) is 9.59 Å². The van der Waals surface area contributed by atoms with Crippen LogP contribution in [0.2, 0.25) is 5.02 Å². The maximum atomic E-state index is 13.6. The number of carbonyl (C=O) groups excluding carboxylic acids is 2. The quantitative estimate of drug-likeness (QED) is 0.516. The van der Waals surface area contributed by atoms with Crippen molar-refractivity contribution in [2.75, 3.05) is 36.3 Å². The summed E-state index contributed by atoms with van der Waals surface area (Å²) in [6.07, 6.45) is 0. The first-order chi connectivity index (χ1) is 15.8. The van der Waals surface area contributed by atoms with Crippen LogP contribution >= 0.6 is 11.6 Å². The van der Waals surface area contributed by atoms with E-state index < -0.39 is 11.8 Å². The van der Waals surface area contributed by atoms with Gasteiger partial charge in [-0.05, 0) is 60.5 Å². The number of anilines is 3. The molecule has 33 heavy (non-hydrogen) atoms. The van der Waals surface area contributed by atoms with Crippen LogP contribution in [0.1, 0.15) is 11.1 Å². The lowest BCUT2D eigenvalue weighted by molar-refractivity contribution is -0.120. The topological polar surface area (TPSA) is 61.9 Å². The van der Waals surface area contributed by atoms with E-state index >= 15 is 0 Å². The van der Waals surface area contributed by atoms with Gasteiger partial charge in [0.05, 0.1) is 18.4 Å². The third kappa shape index (κ3) is 4.30. The lowest BCUT2D eigenvalue weighted by Crippen LogP contribution is -2.32. The molecule has 168 valence electrons. The van der Waals surface area contributed by atoms with Crippen molar-refractivity contribution in [1.29, 1.82) is 0 Å². The lowest BCUT2D eigenvalue weighted by atomic mass is 10.0. The third-order valence-electron chi connectivity index (χ3n) is 5.51. The summed E-state index contributed by atoms with van der Waals surface area (Å²) in [5.74, 6) is -0.174. The Balaban J connectivity index is 1.81. The highest BCUT2D eigenvalue weighted by Gasteiger charge is 2.40. The number of hydrogen-bond donors (Lipinski definition) is 1. The molecular formula is C26H24ClN3O3. The van der Waals surface area contributed by atoms with Crippen molar-refractivity contribution in [1.82, 2.24) is 0 Å². The van der Waals surface area contributed by atoms with Gasteiger partial charge in [0.2, 0.25) is 0 Å². The minimum Gasteiger partial charge on any atom is -0.497 e. The fraction of sp³-hybridized carbons (Fsp3) is 0.154. The van der Waals surface area contributed by atoms with Crippen LogP contribution in [0.3, 0.4) is 0 Å². The summed E-state index contributed by atoms with van der Waals surface area (Å²) >= 11 is 6.29. The van der Waals surface area contributed by atoms with Crippen LogP contribution in [0.4, 0.5) is 17.1 Å². The summed E-state index contributed by atoms with van der Waals surface area (Å²) in [5.41, 5.74) is 4.02. The maximum absolute atomic E-state index is 13.6. The molecule has 0 fully saturated rings. The molecular weight excluding hydrogens is 438 g/mol. The van der Waals surface area contributed by atoms with E-state index in [4.69, 9.17) is 16.3 Å². The highest BCUT2D eigenvalue weighted by atomic mass is 35.5. The number of benzene rings is 3. The second-order valence-corrected chi connectivity index (χ2v) is 8.33.